The Morgan fingerprint density at radius 3 is 2.56 bits per heavy atom. The highest BCUT2D eigenvalue weighted by atomic mass is 16.2. The summed E-state index contributed by atoms with van der Waals surface area (Å²) in [6.45, 7) is 8.14. The number of hydrogen-bond acceptors (Lipinski definition) is 3. The first-order chi connectivity index (χ1) is 7.79. The first kappa shape index (κ1) is 11.9. The van der Waals surface area contributed by atoms with E-state index in [0.29, 0.717) is 5.91 Å². The third-order valence-corrected chi connectivity index (χ3v) is 3.70. The van der Waals surface area contributed by atoms with Crippen molar-refractivity contribution in [2.24, 2.45) is 0 Å². The van der Waals surface area contributed by atoms with Crippen LogP contribution in [0.5, 0.6) is 0 Å². The molecule has 0 spiro atoms. The average molecular weight is 225 g/mol. The molecule has 4 heteroatoms. The number of amides is 1. The van der Waals surface area contributed by atoms with Crippen LogP contribution in [0.3, 0.4) is 0 Å². The van der Waals surface area contributed by atoms with E-state index in [1.807, 2.05) is 4.90 Å². The van der Waals surface area contributed by atoms with Gasteiger partial charge in [0.25, 0.3) is 0 Å². The summed E-state index contributed by atoms with van der Waals surface area (Å²) < 4.78 is 0. The molecule has 0 radical (unpaired) electrons. The maximum absolute atomic E-state index is 12.2. The second-order valence-electron chi connectivity index (χ2n) is 4.85. The molecule has 2 aliphatic heterocycles. The predicted octanol–water partition coefficient (Wildman–Crippen LogP) is 0.293. The molecule has 1 atom stereocenters. The maximum atomic E-state index is 12.2. The predicted molar refractivity (Wildman–Crippen MR) is 64.3 cm³/mol. The molecule has 0 bridgehead atoms. The molecule has 1 N–H and O–H groups in total. The Bertz CT molecular complexity index is 230. The van der Waals surface area contributed by atoms with Gasteiger partial charge in [0, 0.05) is 32.7 Å². The van der Waals surface area contributed by atoms with E-state index in [4.69, 9.17) is 0 Å². The van der Waals surface area contributed by atoms with Crippen LogP contribution >= 0.6 is 0 Å². The summed E-state index contributed by atoms with van der Waals surface area (Å²) in [5.41, 5.74) is 0. The van der Waals surface area contributed by atoms with Gasteiger partial charge in [0.2, 0.25) is 5.91 Å². The van der Waals surface area contributed by atoms with Crippen LogP contribution in [-0.2, 0) is 4.79 Å². The molecule has 16 heavy (non-hydrogen) atoms. The molecule has 2 rings (SSSR count). The van der Waals surface area contributed by atoms with Crippen molar-refractivity contribution in [2.45, 2.75) is 32.2 Å². The zero-order valence-electron chi connectivity index (χ0n) is 10.2. The third kappa shape index (κ3) is 2.74. The Morgan fingerprint density at radius 1 is 1.06 bits per heavy atom. The fraction of sp³-hybridized carbons (Fsp3) is 0.917. The number of hydrogen-bond donors (Lipinski definition) is 1. The summed E-state index contributed by atoms with van der Waals surface area (Å²) in [7, 11) is 0. The van der Waals surface area contributed by atoms with E-state index in [-0.39, 0.29) is 6.04 Å². The van der Waals surface area contributed by atoms with Crippen LogP contribution in [0.2, 0.25) is 0 Å². The van der Waals surface area contributed by atoms with Crippen molar-refractivity contribution in [3.63, 3.8) is 0 Å². The zero-order chi connectivity index (χ0) is 11.4. The monoisotopic (exact) mass is 225 g/mol. The number of rotatable bonds is 2. The van der Waals surface area contributed by atoms with E-state index >= 15 is 0 Å². The van der Waals surface area contributed by atoms with Crippen LogP contribution in [0.15, 0.2) is 0 Å². The number of carbonyl (C=O) groups is 1. The van der Waals surface area contributed by atoms with Gasteiger partial charge in [-0.1, -0.05) is 0 Å². The largest absolute Gasteiger partial charge is 0.341 e. The summed E-state index contributed by atoms with van der Waals surface area (Å²) >= 11 is 0. The third-order valence-electron chi connectivity index (χ3n) is 3.70. The molecule has 0 aromatic rings. The topological polar surface area (TPSA) is 35.6 Å². The number of nitrogens with zero attached hydrogens (tertiary/aromatic N) is 2. The zero-order valence-corrected chi connectivity index (χ0v) is 10.2. The summed E-state index contributed by atoms with van der Waals surface area (Å²) in [5.74, 6) is 0.333. The van der Waals surface area contributed by atoms with Crippen molar-refractivity contribution in [1.29, 1.82) is 0 Å². The van der Waals surface area contributed by atoms with E-state index in [2.05, 4.69) is 17.1 Å². The van der Waals surface area contributed by atoms with Gasteiger partial charge in [-0.05, 0) is 32.7 Å². The summed E-state index contributed by atoms with van der Waals surface area (Å²) in [5, 5.41) is 3.37. The first-order valence-corrected chi connectivity index (χ1v) is 6.52. The molecule has 2 saturated heterocycles. The summed E-state index contributed by atoms with van der Waals surface area (Å²) in [4.78, 5) is 16.6. The molecule has 0 aromatic carbocycles. The van der Waals surface area contributed by atoms with E-state index in [9.17, 15) is 4.79 Å². The van der Waals surface area contributed by atoms with Crippen LogP contribution in [0.25, 0.3) is 0 Å². The van der Waals surface area contributed by atoms with Gasteiger partial charge in [-0.2, -0.15) is 0 Å². The Morgan fingerprint density at radius 2 is 1.81 bits per heavy atom. The highest BCUT2D eigenvalue weighted by Crippen LogP contribution is 2.12. The Hall–Kier alpha value is -0.610. The molecule has 2 heterocycles. The van der Waals surface area contributed by atoms with Gasteiger partial charge in [-0.25, -0.2) is 0 Å². The van der Waals surface area contributed by atoms with Crippen molar-refractivity contribution in [2.75, 3.05) is 39.3 Å². The van der Waals surface area contributed by atoms with Crippen molar-refractivity contribution in [3.8, 4) is 0 Å². The van der Waals surface area contributed by atoms with Gasteiger partial charge >= 0.3 is 0 Å². The lowest BCUT2D eigenvalue weighted by Gasteiger charge is -2.29. The van der Waals surface area contributed by atoms with Crippen molar-refractivity contribution in [3.05, 3.63) is 0 Å². The molecular formula is C12H23N3O. The second-order valence-corrected chi connectivity index (χ2v) is 4.85. The van der Waals surface area contributed by atoms with Gasteiger partial charge in [0.15, 0.2) is 0 Å². The van der Waals surface area contributed by atoms with Gasteiger partial charge in [0.1, 0.15) is 0 Å². The Labute approximate surface area is 98.0 Å². The minimum absolute atomic E-state index is 0.0676. The summed E-state index contributed by atoms with van der Waals surface area (Å²) in [6, 6.07) is 0.0676. The molecule has 0 saturated carbocycles. The van der Waals surface area contributed by atoms with Crippen molar-refractivity contribution >= 4 is 5.91 Å². The van der Waals surface area contributed by atoms with E-state index in [0.717, 1.165) is 45.7 Å². The van der Waals surface area contributed by atoms with Crippen LogP contribution in [0.4, 0.5) is 0 Å². The van der Waals surface area contributed by atoms with Crippen LogP contribution in [0, 0.1) is 0 Å². The fourth-order valence-electron chi connectivity index (χ4n) is 2.61. The second kappa shape index (κ2) is 5.64. The number of likely N-dealkylation sites (tertiary alicyclic amines) is 1. The molecule has 1 unspecified atom stereocenters. The van der Waals surface area contributed by atoms with E-state index in [1.165, 1.54) is 12.8 Å². The van der Waals surface area contributed by atoms with E-state index < -0.39 is 0 Å². The van der Waals surface area contributed by atoms with Gasteiger partial charge < -0.3 is 10.2 Å². The fourth-order valence-corrected chi connectivity index (χ4v) is 2.61. The minimum Gasteiger partial charge on any atom is -0.341 e. The van der Waals surface area contributed by atoms with Gasteiger partial charge in [-0.3, -0.25) is 9.69 Å². The normalized spacial score (nSPS) is 25.4. The number of nitrogens with one attached hydrogen (secondary N) is 1. The molecule has 2 aliphatic rings. The number of carbonyl (C=O) groups excluding carboxylic acids is 1. The standard InChI is InChI=1S/C12H23N3O/c1-11(12(16)15-7-2-3-8-15)14-9-4-5-13-6-10-14/h11,13H,2-10H2,1H3. The molecule has 1 amide bonds. The maximum Gasteiger partial charge on any atom is 0.239 e. The highest BCUT2D eigenvalue weighted by molar-refractivity contribution is 5.81. The lowest BCUT2D eigenvalue weighted by molar-refractivity contribution is -0.135. The average Bonchev–Trinajstić information content (AvgIpc) is 2.70. The summed E-state index contributed by atoms with van der Waals surface area (Å²) in [6.07, 6.45) is 3.51. The Balaban J connectivity index is 1.88. The smallest absolute Gasteiger partial charge is 0.239 e. The van der Waals surface area contributed by atoms with E-state index in [1.54, 1.807) is 0 Å². The molecule has 0 aliphatic carbocycles. The molecule has 2 fully saturated rings. The minimum atomic E-state index is 0.0676. The lowest BCUT2D eigenvalue weighted by Crippen LogP contribution is -2.47. The first-order valence-electron chi connectivity index (χ1n) is 6.52. The van der Waals surface area contributed by atoms with Gasteiger partial charge in [-0.15, -0.1) is 0 Å². The SMILES string of the molecule is CC(C(=O)N1CCCC1)N1CCCNCC1. The molecule has 4 nitrogen and oxygen atoms in total. The van der Waals surface area contributed by atoms with Crippen molar-refractivity contribution < 1.29 is 4.79 Å². The molecular weight excluding hydrogens is 202 g/mol. The Kier molecular flexibility index (Phi) is 4.18. The van der Waals surface area contributed by atoms with Crippen LogP contribution in [-0.4, -0.2) is 61.0 Å². The highest BCUT2D eigenvalue weighted by Gasteiger charge is 2.27. The quantitative estimate of drug-likeness (QED) is 0.734. The van der Waals surface area contributed by atoms with Crippen molar-refractivity contribution in [1.82, 2.24) is 15.1 Å². The van der Waals surface area contributed by atoms with Crippen LogP contribution < -0.4 is 5.32 Å². The molecule has 0 aromatic heterocycles. The van der Waals surface area contributed by atoms with Crippen LogP contribution in [0.1, 0.15) is 26.2 Å². The van der Waals surface area contributed by atoms with Gasteiger partial charge in [0.05, 0.1) is 6.04 Å². The molecule has 92 valence electrons. The lowest BCUT2D eigenvalue weighted by atomic mass is 10.2.